The zero-order valence-electron chi connectivity index (χ0n) is 11.5. The number of aliphatic carboxylic acids is 1. The molecule has 0 radical (unpaired) electrons. The molecule has 118 valence electrons. The van der Waals surface area contributed by atoms with E-state index in [1.165, 1.54) is 18.2 Å². The minimum Gasteiger partial charge on any atom is -0.507 e. The second-order valence-corrected chi connectivity index (χ2v) is 4.57. The maximum atomic E-state index is 11.2. The monoisotopic (exact) mass is 318 g/mol. The average molecular weight is 318 g/mol. The van der Waals surface area contributed by atoms with Crippen LogP contribution in [0.5, 0.6) is 5.75 Å². The maximum Gasteiger partial charge on any atom is 0.307 e. The van der Waals surface area contributed by atoms with Crippen LogP contribution in [0.4, 0.5) is 11.4 Å². The normalized spacial score (nSPS) is 10.3. The lowest BCUT2D eigenvalue weighted by molar-refractivity contribution is -0.392. The molecule has 2 rings (SSSR count). The Morgan fingerprint density at radius 2 is 1.52 bits per heavy atom. The Morgan fingerprint density at radius 3 is 2.00 bits per heavy atom. The molecule has 2 aromatic carbocycles. The molecule has 0 fully saturated rings. The Kier molecular flexibility index (Phi) is 4.21. The van der Waals surface area contributed by atoms with E-state index < -0.39 is 39.4 Å². The van der Waals surface area contributed by atoms with Gasteiger partial charge in [0.15, 0.2) is 0 Å². The molecule has 0 heterocycles. The first-order valence-corrected chi connectivity index (χ1v) is 6.27. The smallest absolute Gasteiger partial charge is 0.307 e. The topological polar surface area (TPSA) is 144 Å². The van der Waals surface area contributed by atoms with E-state index in [4.69, 9.17) is 5.11 Å². The van der Waals surface area contributed by atoms with Crippen LogP contribution in [0.1, 0.15) is 5.56 Å². The molecule has 0 atom stereocenters. The zero-order valence-corrected chi connectivity index (χ0v) is 11.5. The van der Waals surface area contributed by atoms with Crippen molar-refractivity contribution in [3.63, 3.8) is 0 Å². The van der Waals surface area contributed by atoms with Gasteiger partial charge in [0.1, 0.15) is 11.3 Å². The van der Waals surface area contributed by atoms with Gasteiger partial charge in [-0.2, -0.15) is 0 Å². The summed E-state index contributed by atoms with van der Waals surface area (Å²) in [6, 6.07) is 7.27. The summed E-state index contributed by atoms with van der Waals surface area (Å²) in [5.74, 6) is -1.75. The van der Waals surface area contributed by atoms with Gasteiger partial charge in [-0.1, -0.05) is 18.2 Å². The molecule has 23 heavy (non-hydrogen) atoms. The Labute approximate surface area is 128 Å². The maximum absolute atomic E-state index is 11.2. The van der Waals surface area contributed by atoms with Crippen LogP contribution in [-0.4, -0.2) is 26.0 Å². The lowest BCUT2D eigenvalue weighted by Gasteiger charge is -2.09. The van der Waals surface area contributed by atoms with Crippen molar-refractivity contribution in [2.75, 3.05) is 0 Å². The van der Waals surface area contributed by atoms with E-state index in [0.717, 1.165) is 18.2 Å². The van der Waals surface area contributed by atoms with Gasteiger partial charge in [-0.3, -0.25) is 25.0 Å². The lowest BCUT2D eigenvalue weighted by atomic mass is 9.97. The standard InChI is InChI=1S/C14H10N2O7/c17-12(18)7-8-3-1-4-9(14(8)19)13-10(15(20)21)5-2-6-11(13)16(22)23/h1-6,19H,7H2,(H,17,18). The number of carbonyl (C=O) groups is 1. The second kappa shape index (κ2) is 6.10. The van der Waals surface area contributed by atoms with Gasteiger partial charge in [0.25, 0.3) is 11.4 Å². The van der Waals surface area contributed by atoms with Gasteiger partial charge in [-0.15, -0.1) is 0 Å². The summed E-state index contributed by atoms with van der Waals surface area (Å²) in [5.41, 5.74) is -1.64. The summed E-state index contributed by atoms with van der Waals surface area (Å²) >= 11 is 0. The van der Waals surface area contributed by atoms with Gasteiger partial charge in [-0.25, -0.2) is 0 Å². The van der Waals surface area contributed by atoms with E-state index in [1.54, 1.807) is 0 Å². The van der Waals surface area contributed by atoms with Gasteiger partial charge in [0.05, 0.1) is 16.3 Å². The molecule has 0 spiro atoms. The van der Waals surface area contributed by atoms with Crippen molar-refractivity contribution in [3.8, 4) is 16.9 Å². The number of phenols is 1. The van der Waals surface area contributed by atoms with Crippen LogP contribution >= 0.6 is 0 Å². The van der Waals surface area contributed by atoms with Crippen molar-refractivity contribution in [3.05, 3.63) is 62.2 Å². The zero-order chi connectivity index (χ0) is 17.1. The van der Waals surface area contributed by atoms with Crippen LogP contribution < -0.4 is 0 Å². The summed E-state index contributed by atoms with van der Waals surface area (Å²) in [6.07, 6.45) is -0.520. The molecule has 0 bridgehead atoms. The Balaban J connectivity index is 2.78. The van der Waals surface area contributed by atoms with E-state index in [-0.39, 0.29) is 16.7 Å². The summed E-state index contributed by atoms with van der Waals surface area (Å²) in [4.78, 5) is 31.5. The fourth-order valence-corrected chi connectivity index (χ4v) is 2.21. The number of phenolic OH excluding ortho intramolecular Hbond substituents is 1. The number of aromatic hydroxyl groups is 1. The highest BCUT2D eigenvalue weighted by Crippen LogP contribution is 2.43. The molecule has 0 unspecified atom stereocenters. The average Bonchev–Trinajstić information content (AvgIpc) is 2.48. The molecular formula is C14H10N2O7. The molecule has 9 heteroatoms. The summed E-state index contributed by atoms with van der Waals surface area (Å²) in [5, 5.41) is 41.3. The molecule has 0 aliphatic carbocycles. The van der Waals surface area contributed by atoms with Gasteiger partial charge in [-0.05, 0) is 6.07 Å². The van der Waals surface area contributed by atoms with Crippen LogP contribution in [-0.2, 0) is 11.2 Å². The summed E-state index contributed by atoms with van der Waals surface area (Å²) in [6.45, 7) is 0. The third-order valence-electron chi connectivity index (χ3n) is 3.14. The predicted octanol–water partition coefficient (Wildman–Crippen LogP) is 2.50. The number of hydrogen-bond donors (Lipinski definition) is 2. The highest BCUT2D eigenvalue weighted by Gasteiger charge is 2.28. The predicted molar refractivity (Wildman–Crippen MR) is 78.2 cm³/mol. The minimum absolute atomic E-state index is 0.00227. The van der Waals surface area contributed by atoms with E-state index in [2.05, 4.69) is 0 Å². The van der Waals surface area contributed by atoms with E-state index in [9.17, 15) is 30.1 Å². The number of hydrogen-bond acceptors (Lipinski definition) is 6. The third kappa shape index (κ3) is 3.07. The molecule has 0 aliphatic heterocycles. The van der Waals surface area contributed by atoms with Crippen LogP contribution in [0, 0.1) is 20.2 Å². The molecule has 0 aromatic heterocycles. The molecule has 0 amide bonds. The van der Waals surface area contributed by atoms with Crippen LogP contribution in [0.2, 0.25) is 0 Å². The SMILES string of the molecule is O=C(O)Cc1cccc(-c2c([N+](=O)[O-])cccc2[N+](=O)[O-])c1O. The molecule has 0 saturated carbocycles. The van der Waals surface area contributed by atoms with Gasteiger partial charge in [0, 0.05) is 23.3 Å². The Bertz CT molecular complexity index is 785. The van der Waals surface area contributed by atoms with Gasteiger partial charge in [0.2, 0.25) is 0 Å². The van der Waals surface area contributed by atoms with Crippen molar-refractivity contribution in [1.29, 1.82) is 0 Å². The summed E-state index contributed by atoms with van der Waals surface area (Å²) < 4.78 is 0. The van der Waals surface area contributed by atoms with Crippen molar-refractivity contribution in [2.24, 2.45) is 0 Å². The van der Waals surface area contributed by atoms with Gasteiger partial charge >= 0.3 is 5.97 Å². The minimum atomic E-state index is -1.21. The molecule has 0 saturated heterocycles. The lowest BCUT2D eigenvalue weighted by Crippen LogP contribution is -2.02. The number of carboxylic acids is 1. The molecular weight excluding hydrogens is 308 g/mol. The number of benzene rings is 2. The Morgan fingerprint density at radius 1 is 1.00 bits per heavy atom. The van der Waals surface area contributed by atoms with E-state index in [1.807, 2.05) is 0 Å². The highest BCUT2D eigenvalue weighted by atomic mass is 16.6. The number of nitro benzene ring substituents is 2. The fraction of sp³-hybridized carbons (Fsp3) is 0.0714. The number of nitrogens with zero attached hydrogens (tertiary/aromatic N) is 2. The largest absolute Gasteiger partial charge is 0.507 e. The quantitative estimate of drug-likeness (QED) is 0.636. The first-order valence-electron chi connectivity index (χ1n) is 6.27. The number of rotatable bonds is 5. The third-order valence-corrected chi connectivity index (χ3v) is 3.14. The van der Waals surface area contributed by atoms with Crippen molar-refractivity contribution < 1.29 is 24.9 Å². The summed E-state index contributed by atoms with van der Waals surface area (Å²) in [7, 11) is 0. The number of carboxylic acid groups (broad SMARTS) is 1. The molecule has 2 N–H and O–H groups in total. The van der Waals surface area contributed by atoms with Crippen LogP contribution in [0.25, 0.3) is 11.1 Å². The molecule has 2 aromatic rings. The van der Waals surface area contributed by atoms with Crippen LogP contribution in [0.3, 0.4) is 0 Å². The van der Waals surface area contributed by atoms with Crippen molar-refractivity contribution in [1.82, 2.24) is 0 Å². The highest BCUT2D eigenvalue weighted by molar-refractivity contribution is 5.87. The molecule has 9 nitrogen and oxygen atoms in total. The first kappa shape index (κ1) is 15.9. The van der Waals surface area contributed by atoms with Crippen molar-refractivity contribution in [2.45, 2.75) is 6.42 Å². The fourth-order valence-electron chi connectivity index (χ4n) is 2.21. The van der Waals surface area contributed by atoms with E-state index in [0.29, 0.717) is 0 Å². The van der Waals surface area contributed by atoms with Crippen LogP contribution in [0.15, 0.2) is 36.4 Å². The number of nitro groups is 2. The molecule has 0 aliphatic rings. The Hall–Kier alpha value is -3.49. The first-order chi connectivity index (χ1) is 10.8. The number of para-hydroxylation sites is 1. The second-order valence-electron chi connectivity index (χ2n) is 4.57. The van der Waals surface area contributed by atoms with Crippen molar-refractivity contribution >= 4 is 17.3 Å². The van der Waals surface area contributed by atoms with E-state index >= 15 is 0 Å². The van der Waals surface area contributed by atoms with Gasteiger partial charge < -0.3 is 10.2 Å².